The highest BCUT2D eigenvalue weighted by Crippen LogP contribution is 2.18. The summed E-state index contributed by atoms with van der Waals surface area (Å²) in [6.07, 6.45) is 1.43. The molecule has 0 fully saturated rings. The third kappa shape index (κ3) is 1.73. The molecule has 0 saturated heterocycles. The first-order valence-corrected chi connectivity index (χ1v) is 5.52. The molecule has 0 atom stereocenters. The lowest BCUT2D eigenvalue weighted by Crippen LogP contribution is -2.30. The second-order valence-electron chi connectivity index (χ2n) is 4.47. The standard InChI is InChI=1S/C11H14N4O3/c1-6(2)5-14-7-3-4-13-15(7)11(18)8(9(12)16)10(14)17/h3-4,6,17H,5H2,1-2H3,(H2,12,16). The molecule has 3 N–H and O–H groups in total. The van der Waals surface area contributed by atoms with Crippen LogP contribution in [0.4, 0.5) is 0 Å². The van der Waals surface area contributed by atoms with Gasteiger partial charge in [0.05, 0.1) is 6.20 Å². The van der Waals surface area contributed by atoms with E-state index >= 15 is 0 Å². The molecule has 96 valence electrons. The molecule has 2 rings (SSSR count). The van der Waals surface area contributed by atoms with Crippen LogP contribution in [0.3, 0.4) is 0 Å². The van der Waals surface area contributed by atoms with Crippen LogP contribution in [0.25, 0.3) is 5.65 Å². The lowest BCUT2D eigenvalue weighted by molar-refractivity contribution is 0.0994. The lowest BCUT2D eigenvalue weighted by atomic mass is 10.2. The molecule has 0 saturated carbocycles. The zero-order valence-electron chi connectivity index (χ0n) is 10.1. The van der Waals surface area contributed by atoms with Gasteiger partial charge in [-0.25, -0.2) is 0 Å². The van der Waals surface area contributed by atoms with E-state index in [0.29, 0.717) is 12.2 Å². The summed E-state index contributed by atoms with van der Waals surface area (Å²) < 4.78 is 2.52. The zero-order valence-corrected chi connectivity index (χ0v) is 10.1. The SMILES string of the molecule is CC(C)Cn1c(O)c(C(N)=O)c(=O)n2nccc12. The first-order valence-electron chi connectivity index (χ1n) is 5.52. The van der Waals surface area contributed by atoms with Gasteiger partial charge in [0.1, 0.15) is 5.65 Å². The Morgan fingerprint density at radius 2 is 2.22 bits per heavy atom. The van der Waals surface area contributed by atoms with Crippen LogP contribution >= 0.6 is 0 Å². The number of hydrogen-bond acceptors (Lipinski definition) is 4. The van der Waals surface area contributed by atoms with Crippen LogP contribution in [-0.4, -0.2) is 25.2 Å². The maximum absolute atomic E-state index is 11.9. The van der Waals surface area contributed by atoms with E-state index in [-0.39, 0.29) is 5.92 Å². The molecule has 2 aromatic heterocycles. The van der Waals surface area contributed by atoms with Gasteiger partial charge in [-0.2, -0.15) is 9.61 Å². The van der Waals surface area contributed by atoms with E-state index in [1.807, 2.05) is 13.8 Å². The summed E-state index contributed by atoms with van der Waals surface area (Å²) in [6.45, 7) is 4.35. The molecular formula is C11H14N4O3. The topological polar surface area (TPSA) is 103 Å². The number of rotatable bonds is 3. The Morgan fingerprint density at radius 3 is 2.78 bits per heavy atom. The fraction of sp³-hybridized carbons (Fsp3) is 0.364. The van der Waals surface area contributed by atoms with Gasteiger partial charge in [-0.15, -0.1) is 0 Å². The molecule has 0 aliphatic rings. The molecule has 2 aromatic rings. The molecule has 0 spiro atoms. The lowest BCUT2D eigenvalue weighted by Gasteiger charge is -2.15. The first kappa shape index (κ1) is 12.2. The normalized spacial score (nSPS) is 11.3. The highest BCUT2D eigenvalue weighted by Gasteiger charge is 2.21. The number of hydrogen-bond donors (Lipinski definition) is 2. The van der Waals surface area contributed by atoms with Gasteiger partial charge in [0.25, 0.3) is 11.5 Å². The van der Waals surface area contributed by atoms with Crippen molar-refractivity contribution in [1.29, 1.82) is 0 Å². The van der Waals surface area contributed by atoms with Crippen molar-refractivity contribution in [2.75, 3.05) is 0 Å². The van der Waals surface area contributed by atoms with Crippen LogP contribution in [0.1, 0.15) is 24.2 Å². The van der Waals surface area contributed by atoms with Crippen LogP contribution in [-0.2, 0) is 6.54 Å². The average molecular weight is 250 g/mol. The van der Waals surface area contributed by atoms with E-state index in [4.69, 9.17) is 5.73 Å². The molecule has 7 heteroatoms. The molecular weight excluding hydrogens is 236 g/mol. The van der Waals surface area contributed by atoms with E-state index in [0.717, 1.165) is 4.52 Å². The Bertz CT molecular complexity index is 669. The minimum atomic E-state index is -0.965. The molecule has 7 nitrogen and oxygen atoms in total. The molecule has 2 heterocycles. The Morgan fingerprint density at radius 1 is 1.56 bits per heavy atom. The van der Waals surface area contributed by atoms with E-state index in [1.165, 1.54) is 10.8 Å². The van der Waals surface area contributed by atoms with Gasteiger partial charge < -0.3 is 10.8 Å². The summed E-state index contributed by atoms with van der Waals surface area (Å²) in [7, 11) is 0. The minimum absolute atomic E-state index is 0.220. The quantitative estimate of drug-likeness (QED) is 0.797. The predicted octanol–water partition coefficient (Wildman–Crippen LogP) is -0.0435. The molecule has 0 aliphatic carbocycles. The van der Waals surface area contributed by atoms with Gasteiger partial charge in [-0.1, -0.05) is 13.8 Å². The van der Waals surface area contributed by atoms with E-state index < -0.39 is 22.9 Å². The van der Waals surface area contributed by atoms with Gasteiger partial charge in [0, 0.05) is 12.6 Å². The minimum Gasteiger partial charge on any atom is -0.494 e. The van der Waals surface area contributed by atoms with Crippen molar-refractivity contribution in [3.63, 3.8) is 0 Å². The van der Waals surface area contributed by atoms with Crippen molar-refractivity contribution >= 4 is 11.6 Å². The number of nitrogens with zero attached hydrogens (tertiary/aromatic N) is 3. The fourth-order valence-electron chi connectivity index (χ4n) is 1.86. The Hall–Kier alpha value is -2.31. The summed E-state index contributed by atoms with van der Waals surface area (Å²) >= 11 is 0. The van der Waals surface area contributed by atoms with E-state index in [9.17, 15) is 14.7 Å². The second-order valence-corrected chi connectivity index (χ2v) is 4.47. The number of aromatic nitrogens is 3. The molecule has 0 aliphatic heterocycles. The summed E-state index contributed by atoms with van der Waals surface area (Å²) in [6, 6.07) is 1.59. The summed E-state index contributed by atoms with van der Waals surface area (Å²) in [5.74, 6) is -1.15. The fourth-order valence-corrected chi connectivity index (χ4v) is 1.86. The number of carbonyl (C=O) groups excluding carboxylic acids is 1. The number of primary amides is 1. The van der Waals surface area contributed by atoms with E-state index in [2.05, 4.69) is 5.10 Å². The summed E-state index contributed by atoms with van der Waals surface area (Å²) in [5.41, 5.74) is 4.40. The van der Waals surface area contributed by atoms with Crippen molar-refractivity contribution in [2.45, 2.75) is 20.4 Å². The van der Waals surface area contributed by atoms with Crippen LogP contribution < -0.4 is 11.3 Å². The monoisotopic (exact) mass is 250 g/mol. The van der Waals surface area contributed by atoms with Crippen molar-refractivity contribution in [2.24, 2.45) is 11.7 Å². The zero-order chi connectivity index (χ0) is 13.4. The molecule has 0 aromatic carbocycles. The van der Waals surface area contributed by atoms with Gasteiger partial charge in [-0.3, -0.25) is 14.2 Å². The van der Waals surface area contributed by atoms with Crippen LogP contribution in [0.5, 0.6) is 5.88 Å². The number of carbonyl (C=O) groups is 1. The van der Waals surface area contributed by atoms with Gasteiger partial charge in [0.2, 0.25) is 5.88 Å². The van der Waals surface area contributed by atoms with Crippen molar-refractivity contribution in [3.8, 4) is 5.88 Å². The van der Waals surface area contributed by atoms with Gasteiger partial charge >= 0.3 is 0 Å². The maximum Gasteiger partial charge on any atom is 0.291 e. The predicted molar refractivity (Wildman–Crippen MR) is 64.5 cm³/mol. The number of amides is 1. The summed E-state index contributed by atoms with van der Waals surface area (Å²) in [4.78, 5) is 23.2. The molecule has 18 heavy (non-hydrogen) atoms. The van der Waals surface area contributed by atoms with Crippen molar-refractivity contribution in [3.05, 3.63) is 28.2 Å². The Balaban J connectivity index is 2.87. The van der Waals surface area contributed by atoms with Crippen molar-refractivity contribution < 1.29 is 9.90 Å². The van der Waals surface area contributed by atoms with Crippen LogP contribution in [0.15, 0.2) is 17.1 Å². The van der Waals surface area contributed by atoms with Gasteiger partial charge in [0.15, 0.2) is 5.56 Å². The van der Waals surface area contributed by atoms with Crippen LogP contribution in [0, 0.1) is 5.92 Å². The third-order valence-corrected chi connectivity index (χ3v) is 2.58. The highest BCUT2D eigenvalue weighted by atomic mass is 16.3. The summed E-state index contributed by atoms with van der Waals surface area (Å²) in [5, 5.41) is 13.9. The third-order valence-electron chi connectivity index (χ3n) is 2.58. The molecule has 0 unspecified atom stereocenters. The smallest absolute Gasteiger partial charge is 0.291 e. The number of aromatic hydroxyl groups is 1. The Labute approximate surface area is 102 Å². The highest BCUT2D eigenvalue weighted by molar-refractivity contribution is 5.94. The molecule has 0 bridgehead atoms. The molecule has 0 radical (unpaired) electrons. The number of fused-ring (bicyclic) bond motifs is 1. The van der Waals surface area contributed by atoms with Gasteiger partial charge in [-0.05, 0) is 5.92 Å². The Kier molecular flexibility index (Phi) is 2.82. The largest absolute Gasteiger partial charge is 0.494 e. The average Bonchev–Trinajstić information content (AvgIpc) is 2.72. The van der Waals surface area contributed by atoms with Crippen LogP contribution in [0.2, 0.25) is 0 Å². The van der Waals surface area contributed by atoms with Crippen molar-refractivity contribution in [1.82, 2.24) is 14.2 Å². The van der Waals surface area contributed by atoms with E-state index in [1.54, 1.807) is 6.07 Å². The first-order chi connectivity index (χ1) is 8.43. The maximum atomic E-state index is 11.9. The molecule has 1 amide bonds. The number of nitrogens with two attached hydrogens (primary N) is 1. The second kappa shape index (κ2) is 4.17.